The Kier molecular flexibility index (Phi) is 6.68. The van der Waals surface area contributed by atoms with Gasteiger partial charge in [-0.1, -0.05) is 24.3 Å². The normalized spacial score (nSPS) is 19.4. The zero-order chi connectivity index (χ0) is 24.3. The maximum Gasteiger partial charge on any atom is 0.233 e. The number of carbonyl (C=O) groups is 1. The number of methoxy groups -OCH3 is 2. The Labute approximate surface area is 206 Å². The summed E-state index contributed by atoms with van der Waals surface area (Å²) in [4.78, 5) is 25.7. The van der Waals surface area contributed by atoms with Gasteiger partial charge in [0.1, 0.15) is 11.5 Å². The molecule has 5 rings (SSSR count). The van der Waals surface area contributed by atoms with Crippen molar-refractivity contribution in [3.8, 4) is 22.9 Å². The molecule has 7 heteroatoms. The van der Waals surface area contributed by atoms with Crippen molar-refractivity contribution in [2.75, 3.05) is 34.0 Å². The standard InChI is InChI=1S/C28H31N3O4/c1-33-22-10-8-21(9-11-22)28(13-17-35-18-14-28)27(32)31-16-4-7-25(31)24-12-15-29-26(30-24)20-5-3-6-23(19-20)34-2/h3,5-6,8-12,15,19,25H,4,7,13-14,16-18H2,1-2H3/t25-/m0/s1. The Bertz CT molecular complexity index is 1170. The molecule has 0 saturated carbocycles. The van der Waals surface area contributed by atoms with Gasteiger partial charge in [0.05, 0.1) is 31.4 Å². The summed E-state index contributed by atoms with van der Waals surface area (Å²) in [6, 6.07) is 17.5. The number of likely N-dealkylation sites (tertiary alicyclic amines) is 1. The number of aromatic nitrogens is 2. The lowest BCUT2D eigenvalue weighted by atomic mass is 9.72. The van der Waals surface area contributed by atoms with Crippen LogP contribution < -0.4 is 9.47 Å². The minimum atomic E-state index is -0.601. The van der Waals surface area contributed by atoms with Crippen LogP contribution in [0.1, 0.15) is 43.0 Å². The lowest BCUT2D eigenvalue weighted by Crippen LogP contribution is -2.49. The fraction of sp³-hybridized carbons (Fsp3) is 0.393. The summed E-state index contributed by atoms with van der Waals surface area (Å²) in [5, 5.41) is 0. The molecule has 2 fully saturated rings. The lowest BCUT2D eigenvalue weighted by molar-refractivity contribution is -0.142. The average molecular weight is 474 g/mol. The molecule has 1 amide bonds. The highest BCUT2D eigenvalue weighted by atomic mass is 16.5. The highest BCUT2D eigenvalue weighted by Crippen LogP contribution is 2.42. The first kappa shape index (κ1) is 23.3. The molecule has 1 aromatic heterocycles. The maximum atomic E-state index is 14.3. The zero-order valence-corrected chi connectivity index (χ0v) is 20.3. The molecule has 3 aromatic rings. The molecule has 0 N–H and O–H groups in total. The minimum absolute atomic E-state index is 0.0761. The summed E-state index contributed by atoms with van der Waals surface area (Å²) < 4.78 is 16.4. The van der Waals surface area contributed by atoms with Crippen LogP contribution in [0, 0.1) is 0 Å². The van der Waals surface area contributed by atoms with Gasteiger partial charge in [-0.2, -0.15) is 0 Å². The number of amides is 1. The maximum absolute atomic E-state index is 14.3. The van der Waals surface area contributed by atoms with Gasteiger partial charge in [-0.05, 0) is 61.6 Å². The zero-order valence-electron chi connectivity index (χ0n) is 20.3. The molecule has 1 atom stereocenters. The summed E-state index contributed by atoms with van der Waals surface area (Å²) >= 11 is 0. The molecule has 7 nitrogen and oxygen atoms in total. The fourth-order valence-electron chi connectivity index (χ4n) is 5.31. The van der Waals surface area contributed by atoms with Crippen LogP contribution in [0.3, 0.4) is 0 Å². The summed E-state index contributed by atoms with van der Waals surface area (Å²) in [5.41, 5.74) is 2.19. The molecule has 0 aliphatic carbocycles. The van der Waals surface area contributed by atoms with Crippen LogP contribution in [0.5, 0.6) is 11.5 Å². The van der Waals surface area contributed by atoms with Crippen LogP contribution in [0.2, 0.25) is 0 Å². The number of hydrogen-bond donors (Lipinski definition) is 0. The largest absolute Gasteiger partial charge is 0.497 e. The predicted octanol–water partition coefficient (Wildman–Crippen LogP) is 4.57. The first-order valence-electron chi connectivity index (χ1n) is 12.2. The molecule has 0 radical (unpaired) electrons. The molecule has 0 bridgehead atoms. The number of hydrogen-bond acceptors (Lipinski definition) is 6. The van der Waals surface area contributed by atoms with Crippen molar-refractivity contribution in [3.05, 3.63) is 72.1 Å². The van der Waals surface area contributed by atoms with Crippen molar-refractivity contribution < 1.29 is 19.0 Å². The molecule has 2 aliphatic rings. The van der Waals surface area contributed by atoms with Gasteiger partial charge < -0.3 is 19.1 Å². The van der Waals surface area contributed by atoms with Crippen LogP contribution in [-0.2, 0) is 14.9 Å². The topological polar surface area (TPSA) is 73.8 Å². The number of rotatable bonds is 6. The SMILES string of the molecule is COc1ccc(C2(C(=O)N3CCC[C@H]3c3ccnc(-c4cccc(OC)c4)n3)CCOCC2)cc1. The Hall–Kier alpha value is -3.45. The van der Waals surface area contributed by atoms with Crippen molar-refractivity contribution in [2.45, 2.75) is 37.1 Å². The summed E-state index contributed by atoms with van der Waals surface area (Å²) in [7, 11) is 3.30. The second-order valence-corrected chi connectivity index (χ2v) is 9.12. The molecule has 2 aliphatic heterocycles. The number of ether oxygens (including phenoxy) is 3. The van der Waals surface area contributed by atoms with Gasteiger partial charge in [-0.3, -0.25) is 4.79 Å². The molecule has 2 saturated heterocycles. The van der Waals surface area contributed by atoms with Crippen LogP contribution in [-0.4, -0.2) is 54.8 Å². The van der Waals surface area contributed by atoms with E-state index < -0.39 is 5.41 Å². The van der Waals surface area contributed by atoms with Gasteiger partial charge in [-0.15, -0.1) is 0 Å². The second kappa shape index (κ2) is 10.0. The van der Waals surface area contributed by atoms with Crippen LogP contribution in [0.15, 0.2) is 60.8 Å². The first-order valence-corrected chi connectivity index (χ1v) is 12.2. The summed E-state index contributed by atoms with van der Waals surface area (Å²) in [5.74, 6) is 2.34. The van der Waals surface area contributed by atoms with Gasteiger partial charge in [-0.25, -0.2) is 9.97 Å². The van der Waals surface area contributed by atoms with E-state index in [-0.39, 0.29) is 11.9 Å². The van der Waals surface area contributed by atoms with E-state index in [1.165, 1.54) is 0 Å². The van der Waals surface area contributed by atoms with E-state index in [2.05, 4.69) is 4.98 Å². The highest BCUT2D eigenvalue weighted by Gasteiger charge is 2.47. The molecule has 3 heterocycles. The Morgan fingerprint density at radius 3 is 2.54 bits per heavy atom. The predicted molar refractivity (Wildman–Crippen MR) is 132 cm³/mol. The van der Waals surface area contributed by atoms with E-state index in [1.807, 2.05) is 59.5 Å². The fourth-order valence-corrected chi connectivity index (χ4v) is 5.31. The van der Waals surface area contributed by atoms with Crippen LogP contribution in [0.4, 0.5) is 0 Å². The number of benzene rings is 2. The smallest absolute Gasteiger partial charge is 0.233 e. The second-order valence-electron chi connectivity index (χ2n) is 9.12. The van der Waals surface area contributed by atoms with Crippen molar-refractivity contribution in [2.24, 2.45) is 0 Å². The summed E-state index contributed by atoms with van der Waals surface area (Å²) in [6.07, 6.45) is 4.95. The molecule has 2 aromatic carbocycles. The molecule has 0 unspecified atom stereocenters. The van der Waals surface area contributed by atoms with Crippen LogP contribution >= 0.6 is 0 Å². The van der Waals surface area contributed by atoms with Gasteiger partial charge >= 0.3 is 0 Å². The van der Waals surface area contributed by atoms with Gasteiger partial charge in [0, 0.05) is 31.5 Å². The monoisotopic (exact) mass is 473 g/mol. The van der Waals surface area contributed by atoms with Crippen molar-refractivity contribution >= 4 is 5.91 Å². The number of carbonyl (C=O) groups excluding carboxylic acids is 1. The lowest BCUT2D eigenvalue weighted by Gasteiger charge is -2.40. The van der Waals surface area contributed by atoms with E-state index in [9.17, 15) is 4.79 Å². The van der Waals surface area contributed by atoms with E-state index in [0.717, 1.165) is 47.7 Å². The van der Waals surface area contributed by atoms with Gasteiger partial charge in [0.15, 0.2) is 5.82 Å². The first-order chi connectivity index (χ1) is 17.1. The van der Waals surface area contributed by atoms with Crippen molar-refractivity contribution in [3.63, 3.8) is 0 Å². The Morgan fingerprint density at radius 1 is 1.03 bits per heavy atom. The molecule has 0 spiro atoms. The quantitative estimate of drug-likeness (QED) is 0.522. The van der Waals surface area contributed by atoms with E-state index >= 15 is 0 Å². The molecule has 182 valence electrons. The molecule has 35 heavy (non-hydrogen) atoms. The third-order valence-corrected chi connectivity index (χ3v) is 7.26. The third-order valence-electron chi connectivity index (χ3n) is 7.26. The third kappa shape index (κ3) is 4.48. The highest BCUT2D eigenvalue weighted by molar-refractivity contribution is 5.89. The molecular formula is C28H31N3O4. The van der Waals surface area contributed by atoms with Crippen molar-refractivity contribution in [1.29, 1.82) is 0 Å². The van der Waals surface area contributed by atoms with Gasteiger partial charge in [0.2, 0.25) is 5.91 Å². The van der Waals surface area contributed by atoms with E-state index in [0.29, 0.717) is 31.9 Å². The molecular weight excluding hydrogens is 442 g/mol. The Morgan fingerprint density at radius 2 is 1.80 bits per heavy atom. The van der Waals surface area contributed by atoms with Gasteiger partial charge in [0.25, 0.3) is 0 Å². The summed E-state index contributed by atoms with van der Waals surface area (Å²) in [6.45, 7) is 1.87. The Balaban J connectivity index is 1.47. The van der Waals surface area contributed by atoms with E-state index in [1.54, 1.807) is 20.4 Å². The minimum Gasteiger partial charge on any atom is -0.497 e. The number of nitrogens with zero attached hydrogens (tertiary/aromatic N) is 3. The van der Waals surface area contributed by atoms with Crippen LogP contribution in [0.25, 0.3) is 11.4 Å². The van der Waals surface area contributed by atoms with E-state index in [4.69, 9.17) is 19.2 Å². The van der Waals surface area contributed by atoms with Crippen molar-refractivity contribution in [1.82, 2.24) is 14.9 Å². The average Bonchev–Trinajstić information content (AvgIpc) is 3.43.